The molecule has 2 amide bonds. The molecule has 0 spiro atoms. The van der Waals surface area contributed by atoms with Gasteiger partial charge in [0.05, 0.1) is 7.11 Å². The number of hydrogen-bond acceptors (Lipinski definition) is 6. The predicted octanol–water partition coefficient (Wildman–Crippen LogP) is 1.43. The Balaban J connectivity index is 1.69. The van der Waals surface area contributed by atoms with E-state index in [0.29, 0.717) is 48.4 Å². The first-order valence-electron chi connectivity index (χ1n) is 9.28. The molecule has 2 aliphatic heterocycles. The van der Waals surface area contributed by atoms with Crippen LogP contribution in [0.2, 0.25) is 0 Å². The highest BCUT2D eigenvalue weighted by Gasteiger charge is 2.44. The van der Waals surface area contributed by atoms with Crippen LogP contribution in [0.4, 0.5) is 4.79 Å². The number of Topliss-reactive ketones (excluding diaryl/α,β-unsaturated/α-hetero) is 1. The summed E-state index contributed by atoms with van der Waals surface area (Å²) in [6, 6.07) is -0.932. The number of likely N-dealkylation sites (tertiary alicyclic amines) is 1. The molecule has 3 heterocycles. The third kappa shape index (κ3) is 3.36. The first-order chi connectivity index (χ1) is 13.3. The maximum absolute atomic E-state index is 12.9. The maximum Gasteiger partial charge on any atom is 0.410 e. The Morgan fingerprint density at radius 1 is 1.18 bits per heavy atom. The second-order valence-electron chi connectivity index (χ2n) is 7.23. The van der Waals surface area contributed by atoms with Gasteiger partial charge >= 0.3 is 12.1 Å². The van der Waals surface area contributed by atoms with Gasteiger partial charge in [-0.15, -0.1) is 0 Å². The van der Waals surface area contributed by atoms with E-state index in [1.807, 2.05) is 0 Å². The SMILES string of the molecule is COC(=O)[C@@H]1COC(=O)N1C1CCN(C(=O)c2[nH]c(C)c(C(C)=O)c2C)CC1. The number of aryl methyl sites for hydroxylation is 1. The molecule has 28 heavy (non-hydrogen) atoms. The van der Waals surface area contributed by atoms with Gasteiger partial charge in [-0.05, 0) is 39.2 Å². The number of amides is 2. The number of esters is 1. The van der Waals surface area contributed by atoms with E-state index in [9.17, 15) is 19.2 Å². The summed E-state index contributed by atoms with van der Waals surface area (Å²) in [4.78, 5) is 54.9. The van der Waals surface area contributed by atoms with Crippen LogP contribution in [0.25, 0.3) is 0 Å². The molecule has 0 saturated carbocycles. The fourth-order valence-electron chi connectivity index (χ4n) is 4.15. The zero-order chi connectivity index (χ0) is 20.6. The van der Waals surface area contributed by atoms with Gasteiger partial charge in [0.2, 0.25) is 0 Å². The van der Waals surface area contributed by atoms with Crippen molar-refractivity contribution in [2.24, 2.45) is 0 Å². The van der Waals surface area contributed by atoms with E-state index < -0.39 is 18.1 Å². The summed E-state index contributed by atoms with van der Waals surface area (Å²) in [5.41, 5.74) is 2.32. The van der Waals surface area contributed by atoms with Crippen molar-refractivity contribution >= 4 is 23.8 Å². The van der Waals surface area contributed by atoms with Crippen LogP contribution in [0.15, 0.2) is 0 Å². The summed E-state index contributed by atoms with van der Waals surface area (Å²) < 4.78 is 9.78. The van der Waals surface area contributed by atoms with Crippen molar-refractivity contribution in [1.82, 2.24) is 14.8 Å². The topological polar surface area (TPSA) is 109 Å². The highest BCUT2D eigenvalue weighted by Crippen LogP contribution is 2.26. The normalized spacial score (nSPS) is 20.3. The van der Waals surface area contributed by atoms with Gasteiger partial charge in [-0.2, -0.15) is 0 Å². The number of rotatable bonds is 4. The van der Waals surface area contributed by atoms with Crippen molar-refractivity contribution in [3.05, 3.63) is 22.5 Å². The molecular weight excluding hydrogens is 366 g/mol. The molecule has 9 heteroatoms. The predicted molar refractivity (Wildman–Crippen MR) is 98.2 cm³/mol. The number of nitrogens with zero attached hydrogens (tertiary/aromatic N) is 2. The molecule has 2 aliphatic rings. The molecule has 1 aromatic rings. The van der Waals surface area contributed by atoms with Crippen LogP contribution in [-0.2, 0) is 14.3 Å². The van der Waals surface area contributed by atoms with Gasteiger partial charge in [-0.25, -0.2) is 9.59 Å². The molecule has 9 nitrogen and oxygen atoms in total. The number of carbonyl (C=O) groups is 4. The number of ether oxygens (including phenoxy) is 2. The first-order valence-corrected chi connectivity index (χ1v) is 9.28. The minimum Gasteiger partial charge on any atom is -0.467 e. The smallest absolute Gasteiger partial charge is 0.410 e. The zero-order valence-electron chi connectivity index (χ0n) is 16.5. The van der Waals surface area contributed by atoms with Crippen LogP contribution in [0.1, 0.15) is 51.9 Å². The van der Waals surface area contributed by atoms with Crippen LogP contribution in [0.5, 0.6) is 0 Å². The zero-order valence-corrected chi connectivity index (χ0v) is 16.5. The van der Waals surface area contributed by atoms with Gasteiger partial charge < -0.3 is 19.4 Å². The molecule has 1 N–H and O–H groups in total. The Bertz CT molecular complexity index is 822. The van der Waals surface area contributed by atoms with Crippen LogP contribution in [0.3, 0.4) is 0 Å². The fraction of sp³-hybridized carbons (Fsp3) is 0.579. The summed E-state index contributed by atoms with van der Waals surface area (Å²) in [6.45, 7) is 5.89. The van der Waals surface area contributed by atoms with E-state index in [1.54, 1.807) is 18.7 Å². The molecule has 1 atom stereocenters. The lowest BCUT2D eigenvalue weighted by Crippen LogP contribution is -2.52. The molecule has 2 fully saturated rings. The number of carbonyl (C=O) groups excluding carboxylic acids is 4. The van der Waals surface area contributed by atoms with Gasteiger partial charge in [0.1, 0.15) is 12.3 Å². The van der Waals surface area contributed by atoms with E-state index in [2.05, 4.69) is 4.98 Å². The average molecular weight is 391 g/mol. The second-order valence-corrected chi connectivity index (χ2v) is 7.23. The molecule has 1 aromatic heterocycles. The summed E-state index contributed by atoms with van der Waals surface area (Å²) in [6.07, 6.45) is 0.543. The molecule has 2 saturated heterocycles. The fourth-order valence-corrected chi connectivity index (χ4v) is 4.15. The van der Waals surface area contributed by atoms with Gasteiger partial charge in [0, 0.05) is 30.4 Å². The Morgan fingerprint density at radius 3 is 2.36 bits per heavy atom. The number of ketones is 1. The number of nitrogens with one attached hydrogen (secondary N) is 1. The van der Waals surface area contributed by atoms with E-state index in [0.717, 1.165) is 0 Å². The second kappa shape index (κ2) is 7.65. The van der Waals surface area contributed by atoms with Crippen molar-refractivity contribution in [2.45, 2.75) is 45.7 Å². The number of aromatic amines is 1. The highest BCUT2D eigenvalue weighted by atomic mass is 16.6. The number of hydrogen-bond donors (Lipinski definition) is 1. The number of methoxy groups -OCH3 is 1. The molecule has 0 bridgehead atoms. The van der Waals surface area contributed by atoms with Crippen LogP contribution in [-0.4, -0.2) is 77.4 Å². The lowest BCUT2D eigenvalue weighted by atomic mass is 10.0. The lowest BCUT2D eigenvalue weighted by Gasteiger charge is -2.37. The average Bonchev–Trinajstić information content (AvgIpc) is 3.20. The molecule has 0 unspecified atom stereocenters. The third-order valence-electron chi connectivity index (χ3n) is 5.53. The molecule has 3 rings (SSSR count). The minimum atomic E-state index is -0.740. The van der Waals surface area contributed by atoms with Crippen molar-refractivity contribution in [1.29, 1.82) is 0 Å². The number of H-pyrrole nitrogens is 1. The summed E-state index contributed by atoms with van der Waals surface area (Å²) in [7, 11) is 1.28. The van der Waals surface area contributed by atoms with Crippen molar-refractivity contribution in [2.75, 3.05) is 26.8 Å². The first kappa shape index (κ1) is 19.9. The molecule has 0 radical (unpaired) electrons. The van der Waals surface area contributed by atoms with E-state index >= 15 is 0 Å². The molecular formula is C19H25N3O6. The summed E-state index contributed by atoms with van der Waals surface area (Å²) in [5.74, 6) is -0.746. The van der Waals surface area contributed by atoms with Crippen LogP contribution >= 0.6 is 0 Å². The Hall–Kier alpha value is -2.84. The minimum absolute atomic E-state index is 0.0145. The Morgan fingerprint density at radius 2 is 1.82 bits per heavy atom. The molecule has 152 valence electrons. The van der Waals surface area contributed by atoms with Gasteiger partial charge in [0.25, 0.3) is 5.91 Å². The largest absolute Gasteiger partial charge is 0.467 e. The molecule has 0 aromatic carbocycles. The van der Waals surface area contributed by atoms with Gasteiger partial charge in [0.15, 0.2) is 11.8 Å². The van der Waals surface area contributed by atoms with Crippen LogP contribution in [0, 0.1) is 13.8 Å². The standard InChI is InChI=1S/C19H25N3O6/c1-10-15(12(3)23)11(2)20-16(10)17(24)21-7-5-13(6-8-21)22-14(18(25)27-4)9-28-19(22)26/h13-14,20H,5-9H2,1-4H3/t14-/m0/s1. The van der Waals surface area contributed by atoms with Crippen LogP contribution < -0.4 is 0 Å². The van der Waals surface area contributed by atoms with Crippen molar-refractivity contribution in [3.63, 3.8) is 0 Å². The van der Waals surface area contributed by atoms with E-state index in [1.165, 1.54) is 18.9 Å². The monoisotopic (exact) mass is 391 g/mol. The summed E-state index contributed by atoms with van der Waals surface area (Å²) in [5, 5.41) is 0. The highest BCUT2D eigenvalue weighted by molar-refractivity contribution is 6.02. The van der Waals surface area contributed by atoms with Gasteiger partial charge in [-0.3, -0.25) is 14.5 Å². The number of aromatic nitrogens is 1. The lowest BCUT2D eigenvalue weighted by molar-refractivity contribution is -0.145. The summed E-state index contributed by atoms with van der Waals surface area (Å²) >= 11 is 0. The number of cyclic esters (lactones) is 1. The third-order valence-corrected chi connectivity index (χ3v) is 5.53. The number of piperidine rings is 1. The Kier molecular flexibility index (Phi) is 5.44. The van der Waals surface area contributed by atoms with Crippen molar-refractivity contribution < 1.29 is 28.7 Å². The van der Waals surface area contributed by atoms with E-state index in [-0.39, 0.29) is 24.3 Å². The molecule has 0 aliphatic carbocycles. The van der Waals surface area contributed by atoms with Crippen molar-refractivity contribution in [3.8, 4) is 0 Å². The van der Waals surface area contributed by atoms with E-state index in [4.69, 9.17) is 9.47 Å². The maximum atomic E-state index is 12.9. The Labute approximate surface area is 162 Å². The quantitative estimate of drug-likeness (QED) is 0.614. The van der Waals surface area contributed by atoms with Gasteiger partial charge in [-0.1, -0.05) is 0 Å².